The Bertz CT molecular complexity index is 1140. The van der Waals surface area contributed by atoms with Crippen LogP contribution >= 0.6 is 11.3 Å². The predicted octanol–water partition coefficient (Wildman–Crippen LogP) is 4.02. The summed E-state index contributed by atoms with van der Waals surface area (Å²) in [5, 5.41) is 3.47. The fourth-order valence-corrected chi connectivity index (χ4v) is 4.67. The van der Waals surface area contributed by atoms with E-state index < -0.39 is 12.0 Å². The molecular weight excluding hydrogens is 414 g/mol. The SMILES string of the molecule is COc1ccc([C@H]2[C@H](C(=O)Nc3ncc(C)s3)c3ccccc3C(=O)N2C)cc1OC. The number of thiazole rings is 1. The van der Waals surface area contributed by atoms with E-state index in [9.17, 15) is 9.59 Å². The number of anilines is 1. The van der Waals surface area contributed by atoms with Gasteiger partial charge in [-0.2, -0.15) is 0 Å². The van der Waals surface area contributed by atoms with Crippen LogP contribution in [0.5, 0.6) is 11.5 Å². The highest BCUT2D eigenvalue weighted by molar-refractivity contribution is 7.15. The Morgan fingerprint density at radius 3 is 2.55 bits per heavy atom. The number of benzene rings is 2. The standard InChI is InChI=1S/C23H23N3O4S/c1-13-12-24-23(31-13)25-21(27)19-15-7-5-6-8-16(15)22(28)26(2)20(19)14-9-10-17(29-3)18(11-14)30-4/h5-12,19-20H,1-4H3,(H,24,25,27)/t19-,20+/m1/s1. The molecular formula is C23H23N3O4S. The van der Waals surface area contributed by atoms with Crippen molar-refractivity contribution in [3.63, 3.8) is 0 Å². The molecule has 0 radical (unpaired) electrons. The molecule has 8 heteroatoms. The number of aryl methyl sites for hydroxylation is 1. The minimum Gasteiger partial charge on any atom is -0.493 e. The van der Waals surface area contributed by atoms with Crippen molar-refractivity contribution in [1.29, 1.82) is 0 Å². The Morgan fingerprint density at radius 1 is 1.13 bits per heavy atom. The minimum absolute atomic E-state index is 0.135. The zero-order chi connectivity index (χ0) is 22.1. The molecule has 0 spiro atoms. The van der Waals surface area contributed by atoms with Gasteiger partial charge in [-0.05, 0) is 36.2 Å². The van der Waals surface area contributed by atoms with E-state index in [2.05, 4.69) is 10.3 Å². The van der Waals surface area contributed by atoms with Crippen molar-refractivity contribution < 1.29 is 19.1 Å². The number of hydrogen-bond donors (Lipinski definition) is 1. The molecule has 2 atom stereocenters. The lowest BCUT2D eigenvalue weighted by Gasteiger charge is -2.39. The van der Waals surface area contributed by atoms with Gasteiger partial charge >= 0.3 is 0 Å². The van der Waals surface area contributed by atoms with E-state index in [1.807, 2.05) is 31.2 Å². The van der Waals surface area contributed by atoms with Gasteiger partial charge in [-0.25, -0.2) is 4.98 Å². The molecule has 0 aliphatic carbocycles. The highest BCUT2D eigenvalue weighted by Crippen LogP contribution is 2.44. The maximum absolute atomic E-state index is 13.5. The topological polar surface area (TPSA) is 80.8 Å². The average molecular weight is 438 g/mol. The van der Waals surface area contributed by atoms with Gasteiger partial charge in [-0.1, -0.05) is 24.3 Å². The van der Waals surface area contributed by atoms with Crippen molar-refractivity contribution >= 4 is 28.3 Å². The summed E-state index contributed by atoms with van der Waals surface area (Å²) in [4.78, 5) is 33.5. The van der Waals surface area contributed by atoms with Gasteiger partial charge in [0.05, 0.1) is 26.2 Å². The number of carbonyl (C=O) groups is 2. The Kier molecular flexibility index (Phi) is 5.65. The molecule has 1 N–H and O–H groups in total. The first-order valence-corrected chi connectivity index (χ1v) is 10.6. The second-order valence-electron chi connectivity index (χ2n) is 7.31. The largest absolute Gasteiger partial charge is 0.493 e. The number of methoxy groups -OCH3 is 2. The van der Waals surface area contributed by atoms with E-state index in [0.29, 0.717) is 27.8 Å². The smallest absolute Gasteiger partial charge is 0.254 e. The molecule has 31 heavy (non-hydrogen) atoms. The Labute approximate surface area is 184 Å². The third kappa shape index (κ3) is 3.74. The Hall–Kier alpha value is -3.39. The van der Waals surface area contributed by atoms with Gasteiger partial charge < -0.3 is 19.7 Å². The summed E-state index contributed by atoms with van der Waals surface area (Å²) in [7, 11) is 4.84. The van der Waals surface area contributed by atoms with Crippen LogP contribution in [0.3, 0.4) is 0 Å². The van der Waals surface area contributed by atoms with Crippen LogP contribution in [0.2, 0.25) is 0 Å². The van der Waals surface area contributed by atoms with E-state index in [-0.39, 0.29) is 11.8 Å². The van der Waals surface area contributed by atoms with Gasteiger partial charge in [0, 0.05) is 23.7 Å². The van der Waals surface area contributed by atoms with Gasteiger partial charge in [0.15, 0.2) is 16.6 Å². The summed E-state index contributed by atoms with van der Waals surface area (Å²) in [6.45, 7) is 1.93. The van der Waals surface area contributed by atoms with Crippen LogP contribution in [-0.2, 0) is 4.79 Å². The van der Waals surface area contributed by atoms with Crippen molar-refractivity contribution in [2.24, 2.45) is 0 Å². The number of aromatic nitrogens is 1. The van der Waals surface area contributed by atoms with Crippen LogP contribution in [0.25, 0.3) is 0 Å². The molecule has 1 aromatic heterocycles. The maximum atomic E-state index is 13.5. The highest BCUT2D eigenvalue weighted by Gasteiger charge is 2.43. The molecule has 2 aromatic carbocycles. The van der Waals surface area contributed by atoms with Gasteiger partial charge in [-0.15, -0.1) is 11.3 Å². The van der Waals surface area contributed by atoms with Crippen molar-refractivity contribution in [2.75, 3.05) is 26.6 Å². The third-order valence-corrected chi connectivity index (χ3v) is 6.29. The molecule has 160 valence electrons. The lowest BCUT2D eigenvalue weighted by Crippen LogP contribution is -2.44. The second-order valence-corrected chi connectivity index (χ2v) is 8.54. The lowest BCUT2D eigenvalue weighted by atomic mass is 9.79. The number of carbonyl (C=O) groups excluding carboxylic acids is 2. The van der Waals surface area contributed by atoms with E-state index in [1.54, 1.807) is 50.6 Å². The average Bonchev–Trinajstić information content (AvgIpc) is 3.19. The quantitative estimate of drug-likeness (QED) is 0.652. The first kappa shape index (κ1) is 20.9. The first-order chi connectivity index (χ1) is 14.9. The summed E-state index contributed by atoms with van der Waals surface area (Å²) in [6, 6.07) is 12.2. The molecule has 0 saturated carbocycles. The number of hydrogen-bond acceptors (Lipinski definition) is 6. The predicted molar refractivity (Wildman–Crippen MR) is 119 cm³/mol. The van der Waals surface area contributed by atoms with Crippen LogP contribution in [-0.4, -0.2) is 43.0 Å². The van der Waals surface area contributed by atoms with Gasteiger partial charge in [-0.3, -0.25) is 9.59 Å². The molecule has 2 amide bonds. The number of likely N-dealkylation sites (N-methyl/N-ethyl adjacent to an activating group) is 1. The number of rotatable bonds is 5. The summed E-state index contributed by atoms with van der Waals surface area (Å²) in [5.41, 5.74) is 1.99. The summed E-state index contributed by atoms with van der Waals surface area (Å²) in [6.07, 6.45) is 1.72. The van der Waals surface area contributed by atoms with Crippen LogP contribution in [0, 0.1) is 6.92 Å². The van der Waals surface area contributed by atoms with Gasteiger partial charge in [0.1, 0.15) is 0 Å². The fourth-order valence-electron chi connectivity index (χ4n) is 4.01. The molecule has 0 bridgehead atoms. The monoisotopic (exact) mass is 437 g/mol. The lowest BCUT2D eigenvalue weighted by molar-refractivity contribution is -0.119. The summed E-state index contributed by atoms with van der Waals surface area (Å²) >= 11 is 1.41. The molecule has 7 nitrogen and oxygen atoms in total. The Morgan fingerprint density at radius 2 is 1.87 bits per heavy atom. The fraction of sp³-hybridized carbons (Fsp3) is 0.261. The maximum Gasteiger partial charge on any atom is 0.254 e. The summed E-state index contributed by atoms with van der Waals surface area (Å²) < 4.78 is 10.8. The summed E-state index contributed by atoms with van der Waals surface area (Å²) in [5.74, 6) is 0.136. The number of ether oxygens (including phenoxy) is 2. The van der Waals surface area contributed by atoms with Crippen LogP contribution < -0.4 is 14.8 Å². The van der Waals surface area contributed by atoms with Crippen molar-refractivity contribution in [1.82, 2.24) is 9.88 Å². The highest BCUT2D eigenvalue weighted by atomic mass is 32.1. The van der Waals surface area contributed by atoms with Crippen LogP contribution in [0.4, 0.5) is 5.13 Å². The first-order valence-electron chi connectivity index (χ1n) is 9.76. The molecule has 0 fully saturated rings. The Balaban J connectivity index is 1.83. The number of nitrogens with zero attached hydrogens (tertiary/aromatic N) is 2. The second kappa shape index (κ2) is 8.39. The van der Waals surface area contributed by atoms with Crippen LogP contribution in [0.1, 0.15) is 38.3 Å². The zero-order valence-corrected chi connectivity index (χ0v) is 18.5. The van der Waals surface area contributed by atoms with Crippen LogP contribution in [0.15, 0.2) is 48.7 Å². The van der Waals surface area contributed by atoms with E-state index in [4.69, 9.17) is 9.47 Å². The zero-order valence-electron chi connectivity index (χ0n) is 17.7. The normalized spacial score (nSPS) is 17.8. The molecule has 1 aliphatic rings. The minimum atomic E-state index is -0.624. The number of amides is 2. The van der Waals surface area contributed by atoms with Crippen molar-refractivity contribution in [3.05, 3.63) is 70.2 Å². The molecule has 4 rings (SSSR count). The van der Waals surface area contributed by atoms with Gasteiger partial charge in [0.2, 0.25) is 5.91 Å². The molecule has 0 saturated heterocycles. The van der Waals surface area contributed by atoms with Gasteiger partial charge in [0.25, 0.3) is 5.91 Å². The van der Waals surface area contributed by atoms with Crippen molar-refractivity contribution in [2.45, 2.75) is 18.9 Å². The molecule has 3 aromatic rings. The van der Waals surface area contributed by atoms with E-state index in [1.165, 1.54) is 11.3 Å². The van der Waals surface area contributed by atoms with E-state index >= 15 is 0 Å². The number of fused-ring (bicyclic) bond motifs is 1. The number of nitrogens with one attached hydrogen (secondary N) is 1. The van der Waals surface area contributed by atoms with E-state index in [0.717, 1.165) is 10.4 Å². The third-order valence-electron chi connectivity index (χ3n) is 5.46. The molecule has 2 heterocycles. The van der Waals surface area contributed by atoms with Crippen molar-refractivity contribution in [3.8, 4) is 11.5 Å². The molecule has 1 aliphatic heterocycles. The molecule has 0 unspecified atom stereocenters.